The van der Waals surface area contributed by atoms with Crippen LogP contribution in [0.4, 0.5) is 0 Å². The molecule has 2 nitrogen and oxygen atoms in total. The van der Waals surface area contributed by atoms with Gasteiger partial charge in [-0.3, -0.25) is 4.79 Å². The van der Waals surface area contributed by atoms with Gasteiger partial charge in [-0.05, 0) is 20.4 Å². The normalized spacial score (nSPS) is 13.2. The van der Waals surface area contributed by atoms with Crippen molar-refractivity contribution in [2.24, 2.45) is 0 Å². The summed E-state index contributed by atoms with van der Waals surface area (Å²) in [4.78, 5) is 10.7. The van der Waals surface area contributed by atoms with Crippen LogP contribution in [0.15, 0.2) is 0 Å². The second-order valence-electron chi connectivity index (χ2n) is 2.24. The Morgan fingerprint density at radius 1 is 1.78 bits per heavy atom. The van der Waals surface area contributed by atoms with Crippen LogP contribution in [0.3, 0.4) is 0 Å². The predicted octanol–water partition coefficient (Wildman–Crippen LogP) is 1.21. The van der Waals surface area contributed by atoms with Crippen LogP contribution in [0.1, 0.15) is 28.1 Å². The van der Waals surface area contributed by atoms with Gasteiger partial charge >= 0.3 is 0 Å². The molecule has 0 unspecified atom stereocenters. The minimum atomic E-state index is 0. The zero-order valence-electron chi connectivity index (χ0n) is 6.40. The van der Waals surface area contributed by atoms with Crippen molar-refractivity contribution in [3.63, 3.8) is 0 Å². The Bertz CT molecular complexity index is 95.6. The molecule has 0 aliphatic heterocycles. The summed E-state index contributed by atoms with van der Waals surface area (Å²) in [6.07, 6.45) is 2.01. The third-order valence-corrected chi connectivity index (χ3v) is 1.42. The lowest BCUT2D eigenvalue weighted by Crippen LogP contribution is -2.31. The molecule has 0 heterocycles. The van der Waals surface area contributed by atoms with E-state index >= 15 is 0 Å². The molecule has 0 amide bonds. The molecule has 0 aromatic heterocycles. The van der Waals surface area contributed by atoms with Crippen molar-refractivity contribution in [1.82, 2.24) is 5.32 Å². The number of nitrogens with one attached hydrogen (secondary N) is 1. The first-order valence-corrected chi connectivity index (χ1v) is 3.40. The standard InChI is InChI=1S/C7H15NO.H2/c1-4-5-7(8-3)6(2)9;/h7-8H,4-5H2,1-3H3;1H/t7-;/m0./s1. The number of likely N-dealkylation sites (N-methyl/N-ethyl adjacent to an activating group) is 1. The van der Waals surface area contributed by atoms with Gasteiger partial charge in [0.2, 0.25) is 0 Å². The van der Waals surface area contributed by atoms with Crippen LogP contribution >= 0.6 is 0 Å². The average Bonchev–Trinajstić information content (AvgIpc) is 1.82. The van der Waals surface area contributed by atoms with Crippen molar-refractivity contribution in [3.05, 3.63) is 0 Å². The summed E-state index contributed by atoms with van der Waals surface area (Å²) >= 11 is 0. The number of ketones is 1. The van der Waals surface area contributed by atoms with Gasteiger partial charge < -0.3 is 5.32 Å². The van der Waals surface area contributed by atoms with Crippen LogP contribution in [-0.2, 0) is 4.79 Å². The monoisotopic (exact) mass is 131 g/mol. The number of carbonyl (C=O) groups is 1. The molecule has 0 fully saturated rings. The Balaban J connectivity index is 0. The Labute approximate surface area is 58.1 Å². The summed E-state index contributed by atoms with van der Waals surface area (Å²) < 4.78 is 0. The summed E-state index contributed by atoms with van der Waals surface area (Å²) in [5.41, 5.74) is 0. The smallest absolute Gasteiger partial charge is 0.146 e. The van der Waals surface area contributed by atoms with Crippen LogP contribution in [0, 0.1) is 0 Å². The fourth-order valence-electron chi connectivity index (χ4n) is 0.840. The highest BCUT2D eigenvalue weighted by Crippen LogP contribution is 1.95. The van der Waals surface area contributed by atoms with Crippen LogP contribution in [0.25, 0.3) is 0 Å². The van der Waals surface area contributed by atoms with E-state index < -0.39 is 0 Å². The van der Waals surface area contributed by atoms with Gasteiger partial charge in [0.05, 0.1) is 6.04 Å². The van der Waals surface area contributed by atoms with E-state index in [0.717, 1.165) is 12.8 Å². The Kier molecular flexibility index (Phi) is 4.32. The molecule has 0 aromatic carbocycles. The highest BCUT2D eigenvalue weighted by molar-refractivity contribution is 5.81. The molecular formula is C7H17NO. The number of hydrogen-bond acceptors (Lipinski definition) is 2. The van der Waals surface area contributed by atoms with Crippen molar-refractivity contribution >= 4 is 5.78 Å². The lowest BCUT2D eigenvalue weighted by atomic mass is 10.1. The van der Waals surface area contributed by atoms with Gasteiger partial charge in [-0.25, -0.2) is 0 Å². The Morgan fingerprint density at radius 3 is 2.44 bits per heavy atom. The SMILES string of the molecule is CCC[C@H](NC)C(C)=O.[HH]. The molecule has 1 N–H and O–H groups in total. The van der Waals surface area contributed by atoms with Crippen molar-refractivity contribution in [1.29, 1.82) is 0 Å². The number of carbonyl (C=O) groups excluding carboxylic acids is 1. The van der Waals surface area contributed by atoms with Crippen molar-refractivity contribution in [2.45, 2.75) is 32.7 Å². The molecule has 0 bridgehead atoms. The van der Waals surface area contributed by atoms with E-state index in [2.05, 4.69) is 12.2 Å². The molecule has 0 aliphatic carbocycles. The van der Waals surface area contributed by atoms with Gasteiger partial charge in [0.1, 0.15) is 5.78 Å². The number of rotatable bonds is 4. The quantitative estimate of drug-likeness (QED) is 0.621. The molecule has 0 radical (unpaired) electrons. The van der Waals surface area contributed by atoms with Gasteiger partial charge in [-0.1, -0.05) is 13.3 Å². The van der Waals surface area contributed by atoms with Gasteiger partial charge in [-0.15, -0.1) is 0 Å². The summed E-state index contributed by atoms with van der Waals surface area (Å²) in [6, 6.07) is 0.0787. The Hall–Kier alpha value is -0.370. The topological polar surface area (TPSA) is 29.1 Å². The first-order valence-electron chi connectivity index (χ1n) is 3.40. The van der Waals surface area contributed by atoms with E-state index in [-0.39, 0.29) is 13.3 Å². The molecular weight excluding hydrogens is 114 g/mol. The van der Waals surface area contributed by atoms with E-state index in [1.165, 1.54) is 0 Å². The second kappa shape index (κ2) is 4.50. The maximum absolute atomic E-state index is 10.7. The van der Waals surface area contributed by atoms with Crippen molar-refractivity contribution < 1.29 is 6.22 Å². The number of Topliss-reactive ketones (excluding diaryl/α,β-unsaturated/α-hetero) is 1. The van der Waals surface area contributed by atoms with Gasteiger partial charge in [0.15, 0.2) is 0 Å². The molecule has 0 rings (SSSR count). The average molecular weight is 131 g/mol. The zero-order chi connectivity index (χ0) is 7.28. The highest BCUT2D eigenvalue weighted by atomic mass is 16.1. The maximum Gasteiger partial charge on any atom is 0.146 e. The van der Waals surface area contributed by atoms with E-state index in [1.54, 1.807) is 6.92 Å². The largest absolute Gasteiger partial charge is 0.311 e. The van der Waals surface area contributed by atoms with Crippen molar-refractivity contribution in [2.75, 3.05) is 7.05 Å². The highest BCUT2D eigenvalue weighted by Gasteiger charge is 2.07. The summed E-state index contributed by atoms with van der Waals surface area (Å²) in [5.74, 6) is 0.236. The second-order valence-corrected chi connectivity index (χ2v) is 2.24. The molecule has 0 aliphatic rings. The van der Waals surface area contributed by atoms with Crippen LogP contribution in [-0.4, -0.2) is 18.9 Å². The van der Waals surface area contributed by atoms with Gasteiger partial charge in [0.25, 0.3) is 0 Å². The van der Waals surface area contributed by atoms with Crippen molar-refractivity contribution in [3.8, 4) is 0 Å². The van der Waals surface area contributed by atoms with Crippen LogP contribution in [0.5, 0.6) is 0 Å². The van der Waals surface area contributed by atoms with E-state index in [1.807, 2.05) is 7.05 Å². The molecule has 1 atom stereocenters. The van der Waals surface area contributed by atoms with Crippen LogP contribution in [0.2, 0.25) is 0 Å². The molecule has 56 valence electrons. The van der Waals surface area contributed by atoms with Crippen LogP contribution < -0.4 is 5.32 Å². The molecule has 0 saturated carbocycles. The third-order valence-electron chi connectivity index (χ3n) is 1.42. The fraction of sp³-hybridized carbons (Fsp3) is 0.857. The molecule has 0 aromatic rings. The van der Waals surface area contributed by atoms with E-state index in [9.17, 15) is 4.79 Å². The van der Waals surface area contributed by atoms with E-state index in [0.29, 0.717) is 0 Å². The summed E-state index contributed by atoms with van der Waals surface area (Å²) in [5, 5.41) is 2.95. The number of hydrogen-bond donors (Lipinski definition) is 1. The molecule has 0 saturated heterocycles. The summed E-state index contributed by atoms with van der Waals surface area (Å²) in [7, 11) is 1.82. The van der Waals surface area contributed by atoms with E-state index in [4.69, 9.17) is 0 Å². The molecule has 0 spiro atoms. The van der Waals surface area contributed by atoms with Gasteiger partial charge in [0, 0.05) is 1.43 Å². The summed E-state index contributed by atoms with van der Waals surface area (Å²) in [6.45, 7) is 3.70. The zero-order valence-corrected chi connectivity index (χ0v) is 6.40. The first-order chi connectivity index (χ1) is 4.22. The molecule has 9 heavy (non-hydrogen) atoms. The predicted molar refractivity (Wildman–Crippen MR) is 40.6 cm³/mol. The lowest BCUT2D eigenvalue weighted by molar-refractivity contribution is -0.119. The van der Waals surface area contributed by atoms with Gasteiger partial charge in [-0.2, -0.15) is 0 Å². The lowest BCUT2D eigenvalue weighted by Gasteiger charge is -2.09. The molecule has 2 heteroatoms. The third kappa shape index (κ3) is 3.25. The minimum Gasteiger partial charge on any atom is -0.311 e. The fourth-order valence-corrected chi connectivity index (χ4v) is 0.840. The minimum absolute atomic E-state index is 0. The maximum atomic E-state index is 10.7. The Morgan fingerprint density at radius 2 is 2.33 bits per heavy atom. The first kappa shape index (κ1) is 8.63.